The molecule has 0 saturated heterocycles. The SMILES string of the molecule is COC(=O)c1c(NC(=O)C(C)Sc2cccc(NC(=O)/C(=C\c3ccc(C)cc3)NC(=O)c3ccccc3)c2)sc2c1CCN(Cc1ccccc1)C2. The Bertz CT molecular complexity index is 2130. The van der Waals surface area contributed by atoms with E-state index in [1.54, 1.807) is 55.5 Å². The number of methoxy groups -OCH3 is 1. The molecule has 53 heavy (non-hydrogen) atoms. The van der Waals surface area contributed by atoms with Gasteiger partial charge in [0.25, 0.3) is 11.8 Å². The predicted octanol–water partition coefficient (Wildman–Crippen LogP) is 7.93. The number of nitrogens with zero attached hydrogens (tertiary/aromatic N) is 1. The van der Waals surface area contributed by atoms with Crippen molar-refractivity contribution in [3.8, 4) is 0 Å². The molecular weight excluding hydrogens is 705 g/mol. The molecule has 5 aromatic rings. The van der Waals surface area contributed by atoms with Crippen molar-refractivity contribution in [2.75, 3.05) is 24.3 Å². The number of aryl methyl sites for hydroxylation is 1. The fourth-order valence-electron chi connectivity index (χ4n) is 5.93. The molecule has 0 fully saturated rings. The van der Waals surface area contributed by atoms with Gasteiger partial charge in [0.15, 0.2) is 0 Å². The van der Waals surface area contributed by atoms with Crippen molar-refractivity contribution in [3.05, 3.63) is 153 Å². The molecule has 1 aromatic heterocycles. The van der Waals surface area contributed by atoms with E-state index >= 15 is 0 Å². The molecule has 2 heterocycles. The first-order valence-corrected chi connectivity index (χ1v) is 18.9. The molecule has 0 spiro atoms. The third kappa shape index (κ3) is 9.69. The lowest BCUT2D eigenvalue weighted by Crippen LogP contribution is -2.30. The molecule has 1 aliphatic heterocycles. The zero-order chi connectivity index (χ0) is 37.3. The summed E-state index contributed by atoms with van der Waals surface area (Å²) < 4.78 is 5.14. The molecule has 3 amide bonds. The number of amides is 3. The van der Waals surface area contributed by atoms with Crippen LogP contribution in [0.15, 0.2) is 120 Å². The van der Waals surface area contributed by atoms with E-state index < -0.39 is 23.0 Å². The van der Waals surface area contributed by atoms with Crippen LogP contribution in [0.5, 0.6) is 0 Å². The molecule has 0 radical (unpaired) electrons. The minimum Gasteiger partial charge on any atom is -0.465 e. The zero-order valence-electron chi connectivity index (χ0n) is 29.7. The van der Waals surface area contributed by atoms with E-state index in [9.17, 15) is 19.2 Å². The zero-order valence-corrected chi connectivity index (χ0v) is 31.3. The van der Waals surface area contributed by atoms with Crippen molar-refractivity contribution in [3.63, 3.8) is 0 Å². The van der Waals surface area contributed by atoms with E-state index in [0.717, 1.165) is 39.6 Å². The van der Waals surface area contributed by atoms with Gasteiger partial charge in [-0.05, 0) is 73.4 Å². The first-order chi connectivity index (χ1) is 25.7. The number of esters is 1. The number of carbonyl (C=O) groups excluding carboxylic acids is 4. The lowest BCUT2D eigenvalue weighted by molar-refractivity contribution is -0.115. The van der Waals surface area contributed by atoms with Crippen molar-refractivity contribution >= 4 is 63.6 Å². The summed E-state index contributed by atoms with van der Waals surface area (Å²) in [5, 5.41) is 8.63. The molecule has 1 aliphatic rings. The van der Waals surface area contributed by atoms with E-state index in [0.29, 0.717) is 34.8 Å². The third-order valence-electron chi connectivity index (χ3n) is 8.70. The van der Waals surface area contributed by atoms with Crippen LogP contribution in [0.4, 0.5) is 10.7 Å². The van der Waals surface area contributed by atoms with Gasteiger partial charge in [0, 0.05) is 40.7 Å². The van der Waals surface area contributed by atoms with Gasteiger partial charge in [-0.15, -0.1) is 23.1 Å². The minimum atomic E-state index is -0.540. The number of thiophene rings is 1. The highest BCUT2D eigenvalue weighted by Gasteiger charge is 2.30. The van der Waals surface area contributed by atoms with Crippen LogP contribution in [0.3, 0.4) is 0 Å². The molecule has 0 aliphatic carbocycles. The fourth-order valence-corrected chi connectivity index (χ4v) is 8.13. The summed E-state index contributed by atoms with van der Waals surface area (Å²) in [5.74, 6) is -1.63. The molecule has 6 rings (SSSR count). The number of fused-ring (bicyclic) bond motifs is 1. The Kier molecular flexibility index (Phi) is 12.2. The summed E-state index contributed by atoms with van der Waals surface area (Å²) in [5.41, 5.74) is 5.40. The number of nitrogens with one attached hydrogen (secondary N) is 3. The van der Waals surface area contributed by atoms with Crippen LogP contribution < -0.4 is 16.0 Å². The number of rotatable bonds is 12. The normalized spacial score (nSPS) is 13.4. The maximum Gasteiger partial charge on any atom is 0.341 e. The number of carbonyl (C=O) groups is 4. The molecule has 0 saturated carbocycles. The summed E-state index contributed by atoms with van der Waals surface area (Å²) >= 11 is 2.74. The van der Waals surface area contributed by atoms with Gasteiger partial charge in [-0.2, -0.15) is 0 Å². The smallest absolute Gasteiger partial charge is 0.341 e. The predicted molar refractivity (Wildman–Crippen MR) is 212 cm³/mol. The van der Waals surface area contributed by atoms with Crippen molar-refractivity contribution < 1.29 is 23.9 Å². The van der Waals surface area contributed by atoms with Crippen LogP contribution in [0.25, 0.3) is 6.08 Å². The monoisotopic (exact) mass is 744 g/mol. The number of anilines is 2. The van der Waals surface area contributed by atoms with E-state index in [1.165, 1.54) is 35.8 Å². The van der Waals surface area contributed by atoms with Crippen molar-refractivity contribution in [1.29, 1.82) is 0 Å². The lowest BCUT2D eigenvalue weighted by atomic mass is 10.0. The van der Waals surface area contributed by atoms with Gasteiger partial charge in [0.2, 0.25) is 5.91 Å². The first kappa shape index (κ1) is 37.3. The molecular formula is C42H40N4O5S2. The van der Waals surface area contributed by atoms with E-state index in [4.69, 9.17) is 4.74 Å². The Morgan fingerprint density at radius 3 is 2.34 bits per heavy atom. The summed E-state index contributed by atoms with van der Waals surface area (Å²) in [6, 6.07) is 33.7. The molecule has 1 unspecified atom stereocenters. The molecule has 0 bridgehead atoms. The van der Waals surface area contributed by atoms with Gasteiger partial charge >= 0.3 is 5.97 Å². The van der Waals surface area contributed by atoms with Gasteiger partial charge < -0.3 is 20.7 Å². The van der Waals surface area contributed by atoms with Gasteiger partial charge in [-0.3, -0.25) is 19.3 Å². The Morgan fingerprint density at radius 1 is 0.906 bits per heavy atom. The summed E-state index contributed by atoms with van der Waals surface area (Å²) in [4.78, 5) is 57.3. The third-order valence-corrected chi connectivity index (χ3v) is 10.9. The van der Waals surface area contributed by atoms with Crippen LogP contribution in [-0.4, -0.2) is 47.5 Å². The second kappa shape index (κ2) is 17.4. The van der Waals surface area contributed by atoms with Gasteiger partial charge in [0.1, 0.15) is 10.7 Å². The average molecular weight is 745 g/mol. The Hall–Kier alpha value is -5.49. The Morgan fingerprint density at radius 2 is 1.62 bits per heavy atom. The molecule has 270 valence electrons. The molecule has 3 N–H and O–H groups in total. The van der Waals surface area contributed by atoms with Crippen molar-refractivity contribution in [2.24, 2.45) is 0 Å². The van der Waals surface area contributed by atoms with Crippen LogP contribution in [0, 0.1) is 6.92 Å². The average Bonchev–Trinajstić information content (AvgIpc) is 3.52. The second-order valence-electron chi connectivity index (χ2n) is 12.7. The minimum absolute atomic E-state index is 0.0803. The summed E-state index contributed by atoms with van der Waals surface area (Å²) in [6.07, 6.45) is 2.31. The summed E-state index contributed by atoms with van der Waals surface area (Å²) in [6.45, 7) is 6.03. The highest BCUT2D eigenvalue weighted by Crippen LogP contribution is 2.38. The fraction of sp³-hybridized carbons (Fsp3) is 0.190. The van der Waals surface area contributed by atoms with Crippen molar-refractivity contribution in [2.45, 2.75) is 43.5 Å². The topological polar surface area (TPSA) is 117 Å². The van der Waals surface area contributed by atoms with Crippen molar-refractivity contribution in [1.82, 2.24) is 10.2 Å². The number of thioether (sulfide) groups is 1. The second-order valence-corrected chi connectivity index (χ2v) is 15.2. The quantitative estimate of drug-likeness (QED) is 0.0675. The standard InChI is InChI=1S/C42H40N4O5S2/c1-27-17-19-29(20-18-27)23-35(44-39(48)31-13-8-5-9-14-31)40(49)43-32-15-10-16-33(24-32)52-28(2)38(47)45-41-37(42(50)51-3)34-21-22-46(26-36(34)53-41)25-30-11-6-4-7-12-30/h4-20,23-24,28H,21-22,25-26H2,1-3H3,(H,43,49)(H,44,48)(H,45,47)/b35-23+. The Balaban J connectivity index is 1.13. The molecule has 9 nitrogen and oxygen atoms in total. The Labute approximate surface area is 317 Å². The molecule has 4 aromatic carbocycles. The maximum atomic E-state index is 13.6. The van der Waals surface area contributed by atoms with Crippen LogP contribution in [0.1, 0.15) is 54.8 Å². The van der Waals surface area contributed by atoms with Gasteiger partial charge in [-0.1, -0.05) is 84.4 Å². The maximum absolute atomic E-state index is 13.6. The van der Waals surface area contributed by atoms with E-state index in [1.807, 2.05) is 61.5 Å². The highest BCUT2D eigenvalue weighted by molar-refractivity contribution is 8.00. The number of hydrogen-bond donors (Lipinski definition) is 3. The summed E-state index contributed by atoms with van der Waals surface area (Å²) in [7, 11) is 1.35. The number of benzene rings is 4. The number of hydrogen-bond acceptors (Lipinski definition) is 8. The van der Waals surface area contributed by atoms with Gasteiger partial charge in [-0.25, -0.2) is 4.79 Å². The van der Waals surface area contributed by atoms with E-state index in [2.05, 4.69) is 33.0 Å². The first-order valence-electron chi connectivity index (χ1n) is 17.2. The van der Waals surface area contributed by atoms with Crippen LogP contribution in [0.2, 0.25) is 0 Å². The number of ether oxygens (including phenoxy) is 1. The molecule has 11 heteroatoms. The van der Waals surface area contributed by atoms with E-state index in [-0.39, 0.29) is 11.6 Å². The van der Waals surface area contributed by atoms with Crippen LogP contribution in [-0.2, 0) is 33.8 Å². The van der Waals surface area contributed by atoms with Gasteiger partial charge in [0.05, 0.1) is 17.9 Å². The largest absolute Gasteiger partial charge is 0.465 e. The lowest BCUT2D eigenvalue weighted by Gasteiger charge is -2.27. The van der Waals surface area contributed by atoms with Crippen LogP contribution >= 0.6 is 23.1 Å². The molecule has 1 atom stereocenters. The highest BCUT2D eigenvalue weighted by atomic mass is 32.2.